The Morgan fingerprint density at radius 1 is 1.33 bits per heavy atom. The lowest BCUT2D eigenvalue weighted by molar-refractivity contribution is 0.671. The molecule has 0 saturated heterocycles. The van der Waals surface area contributed by atoms with E-state index in [0.29, 0.717) is 6.04 Å². The molecule has 2 heteroatoms. The molecule has 1 aliphatic rings. The normalized spacial score (nSPS) is 14.3. The zero-order valence-electron chi connectivity index (χ0n) is 9.71. The average molecular weight is 204 g/mol. The van der Waals surface area contributed by atoms with Crippen molar-refractivity contribution in [2.75, 3.05) is 5.32 Å². The highest BCUT2D eigenvalue weighted by molar-refractivity contribution is 5.46. The van der Waals surface area contributed by atoms with Crippen LogP contribution in [0.2, 0.25) is 0 Å². The Morgan fingerprint density at radius 2 is 2.13 bits per heavy atom. The molecule has 0 amide bonds. The third-order valence-corrected chi connectivity index (χ3v) is 3.28. The van der Waals surface area contributed by atoms with E-state index in [0.717, 1.165) is 0 Å². The highest BCUT2D eigenvalue weighted by Crippen LogP contribution is 2.23. The summed E-state index contributed by atoms with van der Waals surface area (Å²) < 4.78 is 0. The lowest BCUT2D eigenvalue weighted by Gasteiger charge is -2.16. The van der Waals surface area contributed by atoms with Crippen LogP contribution in [0.4, 0.5) is 5.69 Å². The van der Waals surface area contributed by atoms with Crippen molar-refractivity contribution >= 4 is 5.69 Å². The molecule has 0 fully saturated rings. The third-order valence-electron chi connectivity index (χ3n) is 3.28. The van der Waals surface area contributed by atoms with E-state index in [1.165, 1.54) is 49.0 Å². The highest BCUT2D eigenvalue weighted by atomic mass is 14.9. The van der Waals surface area contributed by atoms with E-state index in [1.54, 1.807) is 0 Å². The molecular weight excluding hydrogens is 184 g/mol. The van der Waals surface area contributed by atoms with Crippen molar-refractivity contribution in [3.8, 4) is 0 Å². The van der Waals surface area contributed by atoms with Crippen LogP contribution in [0.5, 0.6) is 0 Å². The molecule has 2 nitrogen and oxygen atoms in total. The van der Waals surface area contributed by atoms with Gasteiger partial charge in [0.05, 0.1) is 11.9 Å². The number of pyridine rings is 1. The minimum atomic E-state index is 0.589. The molecular formula is C13H20N2. The Morgan fingerprint density at radius 3 is 2.87 bits per heavy atom. The van der Waals surface area contributed by atoms with E-state index in [2.05, 4.69) is 30.2 Å². The SMILES string of the molecule is CCC(CC)Nc1cnc2c(c1)CCC2. The van der Waals surface area contributed by atoms with Crippen LogP contribution in [0.3, 0.4) is 0 Å². The van der Waals surface area contributed by atoms with Crippen LogP contribution in [-0.4, -0.2) is 11.0 Å². The summed E-state index contributed by atoms with van der Waals surface area (Å²) in [6, 6.07) is 2.87. The fourth-order valence-corrected chi connectivity index (χ4v) is 2.23. The summed E-state index contributed by atoms with van der Waals surface area (Å²) in [4.78, 5) is 4.52. The van der Waals surface area contributed by atoms with Crippen LogP contribution in [0, 0.1) is 0 Å². The van der Waals surface area contributed by atoms with Gasteiger partial charge in [0.15, 0.2) is 0 Å². The molecule has 15 heavy (non-hydrogen) atoms. The molecule has 2 rings (SSSR count). The van der Waals surface area contributed by atoms with Crippen molar-refractivity contribution in [1.82, 2.24) is 4.98 Å². The maximum atomic E-state index is 4.52. The molecule has 1 N–H and O–H groups in total. The number of hydrogen-bond acceptors (Lipinski definition) is 2. The molecule has 0 aliphatic heterocycles. The monoisotopic (exact) mass is 204 g/mol. The lowest BCUT2D eigenvalue weighted by Crippen LogP contribution is -2.17. The molecule has 1 aliphatic carbocycles. The zero-order chi connectivity index (χ0) is 10.7. The van der Waals surface area contributed by atoms with Crippen molar-refractivity contribution in [2.24, 2.45) is 0 Å². The number of rotatable bonds is 4. The fourth-order valence-electron chi connectivity index (χ4n) is 2.23. The van der Waals surface area contributed by atoms with Gasteiger partial charge in [0.25, 0.3) is 0 Å². The summed E-state index contributed by atoms with van der Waals surface area (Å²) in [5.41, 5.74) is 3.96. The fraction of sp³-hybridized carbons (Fsp3) is 0.615. The lowest BCUT2D eigenvalue weighted by atomic mass is 10.1. The van der Waals surface area contributed by atoms with E-state index in [-0.39, 0.29) is 0 Å². The summed E-state index contributed by atoms with van der Waals surface area (Å²) in [6.07, 6.45) is 7.99. The van der Waals surface area contributed by atoms with Crippen molar-refractivity contribution in [3.63, 3.8) is 0 Å². The Hall–Kier alpha value is -1.05. The molecule has 1 heterocycles. The Kier molecular flexibility index (Phi) is 3.24. The topological polar surface area (TPSA) is 24.9 Å². The van der Waals surface area contributed by atoms with Crippen LogP contribution in [0.15, 0.2) is 12.3 Å². The van der Waals surface area contributed by atoms with Crippen LogP contribution in [-0.2, 0) is 12.8 Å². The van der Waals surface area contributed by atoms with Crippen molar-refractivity contribution in [2.45, 2.75) is 52.0 Å². The van der Waals surface area contributed by atoms with Crippen LogP contribution < -0.4 is 5.32 Å². The minimum absolute atomic E-state index is 0.589. The molecule has 82 valence electrons. The van der Waals surface area contributed by atoms with E-state index in [9.17, 15) is 0 Å². The second-order valence-corrected chi connectivity index (χ2v) is 4.34. The Labute approximate surface area is 92.1 Å². The van der Waals surface area contributed by atoms with Gasteiger partial charge in [-0.05, 0) is 43.7 Å². The largest absolute Gasteiger partial charge is 0.381 e. The molecule has 1 aromatic rings. The molecule has 0 spiro atoms. The number of aryl methyl sites for hydroxylation is 2. The number of fused-ring (bicyclic) bond motifs is 1. The average Bonchev–Trinajstić information content (AvgIpc) is 2.73. The predicted molar refractivity (Wildman–Crippen MR) is 64.3 cm³/mol. The van der Waals surface area contributed by atoms with Gasteiger partial charge in [-0.25, -0.2) is 0 Å². The number of nitrogens with one attached hydrogen (secondary N) is 1. The Balaban J connectivity index is 2.09. The first-order valence-corrected chi connectivity index (χ1v) is 6.07. The van der Waals surface area contributed by atoms with Gasteiger partial charge < -0.3 is 5.32 Å². The summed E-state index contributed by atoms with van der Waals surface area (Å²) in [5, 5.41) is 3.55. The van der Waals surface area contributed by atoms with Crippen LogP contribution in [0.25, 0.3) is 0 Å². The van der Waals surface area contributed by atoms with Gasteiger partial charge in [0.1, 0.15) is 0 Å². The summed E-state index contributed by atoms with van der Waals surface area (Å²) >= 11 is 0. The smallest absolute Gasteiger partial charge is 0.0531 e. The Bertz CT molecular complexity index is 329. The maximum absolute atomic E-state index is 4.52. The van der Waals surface area contributed by atoms with Crippen molar-refractivity contribution in [3.05, 3.63) is 23.5 Å². The molecule has 0 atom stereocenters. The number of hydrogen-bond donors (Lipinski definition) is 1. The van der Waals surface area contributed by atoms with Gasteiger partial charge in [-0.2, -0.15) is 0 Å². The molecule has 0 bridgehead atoms. The maximum Gasteiger partial charge on any atom is 0.0531 e. The van der Waals surface area contributed by atoms with Gasteiger partial charge in [-0.1, -0.05) is 13.8 Å². The summed E-state index contributed by atoms with van der Waals surface area (Å²) in [5.74, 6) is 0. The van der Waals surface area contributed by atoms with Crippen molar-refractivity contribution in [1.29, 1.82) is 0 Å². The van der Waals surface area contributed by atoms with Gasteiger partial charge >= 0.3 is 0 Å². The van der Waals surface area contributed by atoms with Gasteiger partial charge in [0.2, 0.25) is 0 Å². The summed E-state index contributed by atoms with van der Waals surface area (Å²) in [6.45, 7) is 4.45. The van der Waals surface area contributed by atoms with E-state index >= 15 is 0 Å². The van der Waals surface area contributed by atoms with E-state index < -0.39 is 0 Å². The quantitative estimate of drug-likeness (QED) is 0.814. The van der Waals surface area contributed by atoms with Gasteiger partial charge in [0, 0.05) is 11.7 Å². The van der Waals surface area contributed by atoms with E-state index in [1.807, 2.05) is 6.20 Å². The number of aromatic nitrogens is 1. The molecule has 0 unspecified atom stereocenters. The molecule has 1 aromatic heterocycles. The van der Waals surface area contributed by atoms with Crippen molar-refractivity contribution < 1.29 is 0 Å². The third kappa shape index (κ3) is 2.31. The second-order valence-electron chi connectivity index (χ2n) is 4.34. The molecule has 0 radical (unpaired) electrons. The van der Waals surface area contributed by atoms with E-state index in [4.69, 9.17) is 0 Å². The standard InChI is InChI=1S/C13H20N2/c1-3-11(4-2)15-12-8-10-6-5-7-13(10)14-9-12/h8-9,11,15H,3-7H2,1-2H3. The predicted octanol–water partition coefficient (Wildman–Crippen LogP) is 3.17. The van der Waals surface area contributed by atoms with Gasteiger partial charge in [-0.3, -0.25) is 4.98 Å². The highest BCUT2D eigenvalue weighted by Gasteiger charge is 2.13. The molecule has 0 aromatic carbocycles. The molecule has 0 saturated carbocycles. The zero-order valence-corrected chi connectivity index (χ0v) is 9.71. The first kappa shape index (κ1) is 10.5. The van der Waals surface area contributed by atoms with Crippen LogP contribution >= 0.6 is 0 Å². The second kappa shape index (κ2) is 4.65. The summed E-state index contributed by atoms with van der Waals surface area (Å²) in [7, 11) is 0. The first-order valence-electron chi connectivity index (χ1n) is 6.07. The van der Waals surface area contributed by atoms with Gasteiger partial charge in [-0.15, -0.1) is 0 Å². The minimum Gasteiger partial charge on any atom is -0.381 e. The number of anilines is 1. The first-order chi connectivity index (χ1) is 7.33. The van der Waals surface area contributed by atoms with Crippen LogP contribution in [0.1, 0.15) is 44.4 Å². The number of nitrogens with zero attached hydrogens (tertiary/aromatic N) is 1.